The number of nitrogens with one attached hydrogen (secondary N) is 1. The van der Waals surface area contributed by atoms with Crippen LogP contribution in [0.5, 0.6) is 11.5 Å². The van der Waals surface area contributed by atoms with Gasteiger partial charge in [0.05, 0.1) is 25.6 Å². The summed E-state index contributed by atoms with van der Waals surface area (Å²) in [6.45, 7) is 0. The molecule has 0 spiro atoms. The smallest absolute Gasteiger partial charge is 0.201 e. The van der Waals surface area contributed by atoms with Crippen molar-refractivity contribution >= 4 is 17.2 Å². The second-order valence-electron chi connectivity index (χ2n) is 5.52. The average Bonchev–Trinajstić information content (AvgIpc) is 2.75. The van der Waals surface area contributed by atoms with Crippen molar-refractivity contribution in [2.75, 3.05) is 19.6 Å². The second-order valence-corrected chi connectivity index (χ2v) is 5.52. The Labute approximate surface area is 158 Å². The molecule has 0 saturated carbocycles. The number of nitrogens with zero attached hydrogens (tertiary/aromatic N) is 3. The van der Waals surface area contributed by atoms with Crippen molar-refractivity contribution in [2.45, 2.75) is 0 Å². The summed E-state index contributed by atoms with van der Waals surface area (Å²) in [5, 5.41) is 13.0. The largest absolute Gasteiger partial charge is 0.493 e. The van der Waals surface area contributed by atoms with Gasteiger partial charge in [-0.3, -0.25) is 5.43 Å². The van der Waals surface area contributed by atoms with Gasteiger partial charge in [-0.25, -0.2) is 0 Å². The summed E-state index contributed by atoms with van der Waals surface area (Å²) in [6.07, 6.45) is 0. The Morgan fingerprint density at radius 2 is 1.44 bits per heavy atom. The molecule has 3 aromatic carbocycles. The molecule has 0 radical (unpaired) electrons. The van der Waals surface area contributed by atoms with Crippen LogP contribution in [0.25, 0.3) is 0 Å². The van der Waals surface area contributed by atoms with E-state index >= 15 is 0 Å². The van der Waals surface area contributed by atoms with Crippen molar-refractivity contribution in [2.24, 2.45) is 15.3 Å². The van der Waals surface area contributed by atoms with Crippen molar-refractivity contribution in [3.05, 3.63) is 84.4 Å². The maximum absolute atomic E-state index is 5.38. The van der Waals surface area contributed by atoms with Gasteiger partial charge in [-0.15, -0.1) is 10.2 Å². The summed E-state index contributed by atoms with van der Waals surface area (Å²) >= 11 is 0. The fourth-order valence-electron chi connectivity index (χ4n) is 2.35. The molecular formula is C21H20N4O2. The summed E-state index contributed by atoms with van der Waals surface area (Å²) in [5.74, 6) is 1.65. The van der Waals surface area contributed by atoms with Crippen molar-refractivity contribution in [3.63, 3.8) is 0 Å². The first-order valence-electron chi connectivity index (χ1n) is 8.38. The van der Waals surface area contributed by atoms with E-state index in [1.165, 1.54) is 0 Å². The number of methoxy groups -OCH3 is 2. The van der Waals surface area contributed by atoms with E-state index in [1.54, 1.807) is 14.2 Å². The number of benzene rings is 3. The first-order chi connectivity index (χ1) is 13.3. The lowest BCUT2D eigenvalue weighted by Gasteiger charge is -2.09. The summed E-state index contributed by atoms with van der Waals surface area (Å²) in [4.78, 5) is 0. The Morgan fingerprint density at radius 1 is 0.778 bits per heavy atom. The van der Waals surface area contributed by atoms with E-state index in [1.807, 2.05) is 78.9 Å². The number of hydrogen-bond acceptors (Lipinski definition) is 5. The summed E-state index contributed by atoms with van der Waals surface area (Å²) in [6, 6.07) is 24.6. The highest BCUT2D eigenvalue weighted by atomic mass is 16.5. The first-order valence-corrected chi connectivity index (χ1v) is 8.38. The molecule has 0 saturated heterocycles. The van der Waals surface area contributed by atoms with Gasteiger partial charge >= 0.3 is 0 Å². The fraction of sp³-hybridized carbons (Fsp3) is 0.0952. The van der Waals surface area contributed by atoms with E-state index in [0.29, 0.717) is 17.3 Å². The molecule has 0 atom stereocenters. The molecule has 27 heavy (non-hydrogen) atoms. The summed E-state index contributed by atoms with van der Waals surface area (Å²) in [5.41, 5.74) is 5.35. The van der Waals surface area contributed by atoms with E-state index in [9.17, 15) is 0 Å². The number of ether oxygens (including phenoxy) is 2. The SMILES string of the molecule is COc1ccc(/C(N=Nc2ccccc2)=N/Nc2ccccc2)cc1OC. The van der Waals surface area contributed by atoms with Crippen molar-refractivity contribution in [3.8, 4) is 11.5 Å². The number of azo groups is 1. The third-order valence-electron chi connectivity index (χ3n) is 3.72. The molecule has 0 aromatic heterocycles. The van der Waals surface area contributed by atoms with Gasteiger partial charge in [0.25, 0.3) is 0 Å². The molecular weight excluding hydrogens is 340 g/mol. The van der Waals surface area contributed by atoms with Gasteiger partial charge in [0.15, 0.2) is 11.5 Å². The van der Waals surface area contributed by atoms with Crippen LogP contribution >= 0.6 is 0 Å². The van der Waals surface area contributed by atoms with Gasteiger partial charge in [-0.05, 0) is 42.5 Å². The van der Waals surface area contributed by atoms with E-state index in [2.05, 4.69) is 20.8 Å². The maximum atomic E-state index is 5.38. The summed E-state index contributed by atoms with van der Waals surface area (Å²) < 4.78 is 10.7. The molecule has 0 aliphatic heterocycles. The lowest BCUT2D eigenvalue weighted by molar-refractivity contribution is 0.355. The molecule has 3 rings (SSSR count). The van der Waals surface area contributed by atoms with Crippen LogP contribution in [0.3, 0.4) is 0 Å². The number of hydrazone groups is 1. The zero-order valence-corrected chi connectivity index (χ0v) is 15.2. The van der Waals surface area contributed by atoms with E-state index in [-0.39, 0.29) is 0 Å². The Hall–Kier alpha value is -3.67. The predicted molar refractivity (Wildman–Crippen MR) is 107 cm³/mol. The molecule has 3 aromatic rings. The van der Waals surface area contributed by atoms with Gasteiger partial charge in [0.2, 0.25) is 5.84 Å². The van der Waals surface area contributed by atoms with Crippen LogP contribution < -0.4 is 14.9 Å². The highest BCUT2D eigenvalue weighted by Gasteiger charge is 2.09. The number of hydrogen-bond donors (Lipinski definition) is 1. The van der Waals surface area contributed by atoms with Crippen LogP contribution in [-0.4, -0.2) is 20.1 Å². The quantitative estimate of drug-likeness (QED) is 0.282. The lowest BCUT2D eigenvalue weighted by Crippen LogP contribution is -2.02. The van der Waals surface area contributed by atoms with E-state index in [0.717, 1.165) is 16.9 Å². The third-order valence-corrected chi connectivity index (χ3v) is 3.72. The molecule has 136 valence electrons. The van der Waals surface area contributed by atoms with Gasteiger partial charge in [-0.2, -0.15) is 5.10 Å². The minimum Gasteiger partial charge on any atom is -0.493 e. The van der Waals surface area contributed by atoms with Crippen molar-refractivity contribution in [1.29, 1.82) is 0 Å². The topological polar surface area (TPSA) is 67.6 Å². The van der Waals surface area contributed by atoms with Crippen molar-refractivity contribution in [1.82, 2.24) is 0 Å². The van der Waals surface area contributed by atoms with Crippen LogP contribution in [0.2, 0.25) is 0 Å². The molecule has 0 amide bonds. The number of rotatable bonds is 6. The van der Waals surface area contributed by atoms with Crippen LogP contribution in [0.15, 0.2) is 94.2 Å². The Morgan fingerprint density at radius 3 is 2.11 bits per heavy atom. The van der Waals surface area contributed by atoms with Crippen LogP contribution in [0, 0.1) is 0 Å². The van der Waals surface area contributed by atoms with E-state index < -0.39 is 0 Å². The first kappa shape index (κ1) is 18.1. The van der Waals surface area contributed by atoms with Gasteiger partial charge < -0.3 is 9.47 Å². The minimum atomic E-state index is 0.420. The molecule has 0 heterocycles. The maximum Gasteiger partial charge on any atom is 0.201 e. The second kappa shape index (κ2) is 9.15. The zero-order chi connectivity index (χ0) is 18.9. The van der Waals surface area contributed by atoms with Crippen LogP contribution in [0.1, 0.15) is 5.56 Å². The standard InChI is InChI=1S/C21H20N4O2/c1-26-19-14-13-16(15-20(19)27-2)21(24-22-17-9-5-3-6-10-17)25-23-18-11-7-4-8-12-18/h3-15,22H,1-2H3/b24-21-,25-23?. The average molecular weight is 360 g/mol. The molecule has 1 N–H and O–H groups in total. The van der Waals surface area contributed by atoms with Gasteiger partial charge in [0, 0.05) is 5.56 Å². The number of para-hydroxylation sites is 1. The highest BCUT2D eigenvalue weighted by molar-refractivity contribution is 6.00. The lowest BCUT2D eigenvalue weighted by atomic mass is 10.2. The number of amidine groups is 1. The molecule has 0 bridgehead atoms. The minimum absolute atomic E-state index is 0.420. The third kappa shape index (κ3) is 4.92. The normalized spacial score (nSPS) is 11.4. The predicted octanol–water partition coefficient (Wildman–Crippen LogP) is 5.26. The summed E-state index contributed by atoms with van der Waals surface area (Å²) in [7, 11) is 3.19. The highest BCUT2D eigenvalue weighted by Crippen LogP contribution is 2.28. The molecule has 0 aliphatic carbocycles. The van der Waals surface area contributed by atoms with E-state index in [4.69, 9.17) is 9.47 Å². The Bertz CT molecular complexity index is 925. The van der Waals surface area contributed by atoms with Crippen LogP contribution in [-0.2, 0) is 0 Å². The molecule has 0 fully saturated rings. The van der Waals surface area contributed by atoms with Crippen molar-refractivity contribution < 1.29 is 9.47 Å². The molecule has 0 unspecified atom stereocenters. The van der Waals surface area contributed by atoms with Gasteiger partial charge in [0.1, 0.15) is 0 Å². The van der Waals surface area contributed by atoms with Crippen LogP contribution in [0.4, 0.5) is 11.4 Å². The number of anilines is 1. The molecule has 6 nitrogen and oxygen atoms in total. The molecule has 6 heteroatoms. The monoisotopic (exact) mass is 360 g/mol. The molecule has 0 aliphatic rings. The zero-order valence-electron chi connectivity index (χ0n) is 15.2. The Kier molecular flexibility index (Phi) is 6.14. The fourth-order valence-corrected chi connectivity index (χ4v) is 2.35. The van der Waals surface area contributed by atoms with Gasteiger partial charge in [-0.1, -0.05) is 36.4 Å². The Balaban J connectivity index is 1.95.